The fraction of sp³-hybridized carbons (Fsp3) is 0.350. The highest BCUT2D eigenvalue weighted by Gasteiger charge is 2.35. The lowest BCUT2D eigenvalue weighted by molar-refractivity contribution is 0.352. The van der Waals surface area contributed by atoms with Gasteiger partial charge in [0.05, 0.1) is 25.5 Å². The summed E-state index contributed by atoms with van der Waals surface area (Å²) in [4.78, 5) is 5.06. The van der Waals surface area contributed by atoms with Crippen molar-refractivity contribution < 1.29 is 9.47 Å². The fourth-order valence-corrected chi connectivity index (χ4v) is 3.10. The van der Waals surface area contributed by atoms with Crippen molar-refractivity contribution in [3.05, 3.63) is 59.2 Å². The van der Waals surface area contributed by atoms with Crippen molar-refractivity contribution in [2.75, 3.05) is 14.2 Å². The minimum atomic E-state index is -0.169. The van der Waals surface area contributed by atoms with Gasteiger partial charge in [0, 0.05) is 17.0 Å². The highest BCUT2D eigenvalue weighted by Crippen LogP contribution is 2.43. The average molecular weight is 309 g/mol. The molecule has 23 heavy (non-hydrogen) atoms. The van der Waals surface area contributed by atoms with Crippen molar-refractivity contribution in [2.45, 2.75) is 32.2 Å². The average Bonchev–Trinajstić information content (AvgIpc) is 2.57. The minimum Gasteiger partial charge on any atom is -0.493 e. The summed E-state index contributed by atoms with van der Waals surface area (Å²) in [5, 5.41) is 0. The van der Waals surface area contributed by atoms with Gasteiger partial charge in [-0.05, 0) is 31.5 Å². The molecule has 0 spiro atoms. The normalized spacial score (nSPS) is 18.8. The SMILES string of the molecule is COc1cc2c(cc1OC)C(C)C(C)(C)N=C2c1ccccc1. The second kappa shape index (κ2) is 5.73. The van der Waals surface area contributed by atoms with E-state index < -0.39 is 0 Å². The molecular weight excluding hydrogens is 286 g/mol. The van der Waals surface area contributed by atoms with E-state index in [0.717, 1.165) is 28.3 Å². The van der Waals surface area contributed by atoms with Crippen LogP contribution in [0.25, 0.3) is 0 Å². The molecule has 1 aliphatic heterocycles. The van der Waals surface area contributed by atoms with Crippen LogP contribution in [-0.4, -0.2) is 25.5 Å². The van der Waals surface area contributed by atoms with Gasteiger partial charge in [-0.15, -0.1) is 0 Å². The summed E-state index contributed by atoms with van der Waals surface area (Å²) in [6, 6.07) is 14.5. The number of fused-ring (bicyclic) bond motifs is 1. The molecule has 0 fully saturated rings. The fourth-order valence-electron chi connectivity index (χ4n) is 3.10. The lowest BCUT2D eigenvalue weighted by Crippen LogP contribution is -2.33. The Labute approximate surface area is 138 Å². The highest BCUT2D eigenvalue weighted by molar-refractivity contribution is 6.15. The molecule has 1 atom stereocenters. The summed E-state index contributed by atoms with van der Waals surface area (Å²) in [6.45, 7) is 6.58. The van der Waals surface area contributed by atoms with Gasteiger partial charge < -0.3 is 9.47 Å². The summed E-state index contributed by atoms with van der Waals surface area (Å²) in [5.41, 5.74) is 4.35. The summed E-state index contributed by atoms with van der Waals surface area (Å²) in [7, 11) is 3.34. The van der Waals surface area contributed by atoms with Crippen LogP contribution in [-0.2, 0) is 0 Å². The van der Waals surface area contributed by atoms with Crippen LogP contribution in [0.15, 0.2) is 47.5 Å². The molecule has 0 saturated carbocycles. The Balaban J connectivity index is 2.27. The molecule has 1 unspecified atom stereocenters. The molecule has 0 amide bonds. The van der Waals surface area contributed by atoms with Crippen molar-refractivity contribution in [1.82, 2.24) is 0 Å². The van der Waals surface area contributed by atoms with Gasteiger partial charge in [0.25, 0.3) is 0 Å². The maximum Gasteiger partial charge on any atom is 0.161 e. The van der Waals surface area contributed by atoms with Crippen molar-refractivity contribution >= 4 is 5.71 Å². The second-order valence-electron chi connectivity index (χ2n) is 6.50. The quantitative estimate of drug-likeness (QED) is 0.839. The first-order valence-corrected chi connectivity index (χ1v) is 7.89. The molecule has 2 aromatic carbocycles. The Morgan fingerprint density at radius 3 is 2.17 bits per heavy atom. The first-order valence-electron chi connectivity index (χ1n) is 7.89. The Hall–Kier alpha value is -2.29. The number of hydrogen-bond donors (Lipinski definition) is 0. The summed E-state index contributed by atoms with van der Waals surface area (Å²) in [5.74, 6) is 1.80. The third-order valence-corrected chi connectivity index (χ3v) is 4.78. The summed E-state index contributed by atoms with van der Waals surface area (Å²) < 4.78 is 11.0. The van der Waals surface area contributed by atoms with Gasteiger partial charge in [-0.3, -0.25) is 4.99 Å². The zero-order chi connectivity index (χ0) is 16.6. The van der Waals surface area contributed by atoms with Crippen LogP contribution >= 0.6 is 0 Å². The van der Waals surface area contributed by atoms with E-state index in [4.69, 9.17) is 14.5 Å². The van der Waals surface area contributed by atoms with Crippen LogP contribution in [0.3, 0.4) is 0 Å². The van der Waals surface area contributed by atoms with E-state index in [2.05, 4.69) is 39.0 Å². The maximum absolute atomic E-state index is 5.49. The molecule has 0 radical (unpaired) electrons. The monoisotopic (exact) mass is 309 g/mol. The zero-order valence-corrected chi connectivity index (χ0v) is 14.4. The molecule has 120 valence electrons. The number of rotatable bonds is 3. The molecule has 3 nitrogen and oxygen atoms in total. The topological polar surface area (TPSA) is 30.8 Å². The molecule has 0 aliphatic carbocycles. The van der Waals surface area contributed by atoms with E-state index in [0.29, 0.717) is 5.92 Å². The number of aliphatic imine (C=N–C) groups is 1. The second-order valence-corrected chi connectivity index (χ2v) is 6.50. The minimum absolute atomic E-state index is 0.169. The third-order valence-electron chi connectivity index (χ3n) is 4.78. The summed E-state index contributed by atoms with van der Waals surface area (Å²) >= 11 is 0. The summed E-state index contributed by atoms with van der Waals surface area (Å²) in [6.07, 6.45) is 0. The van der Waals surface area contributed by atoms with Gasteiger partial charge in [0.15, 0.2) is 11.5 Å². The Morgan fingerprint density at radius 2 is 1.57 bits per heavy atom. The van der Waals surface area contributed by atoms with Crippen molar-refractivity contribution in [3.63, 3.8) is 0 Å². The van der Waals surface area contributed by atoms with Gasteiger partial charge in [0.1, 0.15) is 0 Å². The molecule has 0 N–H and O–H groups in total. The largest absolute Gasteiger partial charge is 0.493 e. The number of methoxy groups -OCH3 is 2. The molecular formula is C20H23NO2. The number of benzene rings is 2. The number of hydrogen-bond acceptors (Lipinski definition) is 3. The molecule has 0 saturated heterocycles. The van der Waals surface area contributed by atoms with Crippen LogP contribution in [0, 0.1) is 0 Å². The van der Waals surface area contributed by atoms with Gasteiger partial charge in [-0.1, -0.05) is 37.3 Å². The number of ether oxygens (including phenoxy) is 2. The van der Waals surface area contributed by atoms with E-state index in [1.807, 2.05) is 24.3 Å². The van der Waals surface area contributed by atoms with E-state index in [1.165, 1.54) is 5.56 Å². The van der Waals surface area contributed by atoms with Crippen LogP contribution < -0.4 is 9.47 Å². The molecule has 0 bridgehead atoms. The van der Waals surface area contributed by atoms with Crippen LogP contribution in [0.5, 0.6) is 11.5 Å². The molecule has 2 aromatic rings. The van der Waals surface area contributed by atoms with E-state index >= 15 is 0 Å². The highest BCUT2D eigenvalue weighted by atomic mass is 16.5. The van der Waals surface area contributed by atoms with Crippen LogP contribution in [0.4, 0.5) is 0 Å². The lowest BCUT2D eigenvalue weighted by atomic mass is 9.76. The molecule has 3 rings (SSSR count). The van der Waals surface area contributed by atoms with Crippen LogP contribution in [0.2, 0.25) is 0 Å². The standard InChI is InChI=1S/C20H23NO2/c1-13-15-11-17(22-4)18(23-5)12-16(15)19(21-20(13,2)3)14-9-7-6-8-10-14/h6-13H,1-5H3. The first-order chi connectivity index (χ1) is 11.0. The Kier molecular flexibility index (Phi) is 3.88. The third kappa shape index (κ3) is 2.61. The van der Waals surface area contributed by atoms with Crippen molar-refractivity contribution in [3.8, 4) is 11.5 Å². The van der Waals surface area contributed by atoms with Crippen molar-refractivity contribution in [2.24, 2.45) is 4.99 Å². The van der Waals surface area contributed by atoms with Crippen LogP contribution in [0.1, 0.15) is 43.4 Å². The van der Waals surface area contributed by atoms with Gasteiger partial charge in [-0.2, -0.15) is 0 Å². The Bertz CT molecular complexity index is 748. The predicted octanol–water partition coefficient (Wildman–Crippen LogP) is 4.44. The zero-order valence-electron chi connectivity index (χ0n) is 14.4. The van der Waals surface area contributed by atoms with E-state index in [1.54, 1.807) is 14.2 Å². The Morgan fingerprint density at radius 1 is 0.957 bits per heavy atom. The van der Waals surface area contributed by atoms with Gasteiger partial charge >= 0.3 is 0 Å². The lowest BCUT2D eigenvalue weighted by Gasteiger charge is -2.36. The maximum atomic E-state index is 5.49. The molecule has 0 aromatic heterocycles. The van der Waals surface area contributed by atoms with E-state index in [-0.39, 0.29) is 5.54 Å². The van der Waals surface area contributed by atoms with Gasteiger partial charge in [0.2, 0.25) is 0 Å². The predicted molar refractivity (Wildman–Crippen MR) is 94.1 cm³/mol. The van der Waals surface area contributed by atoms with E-state index in [9.17, 15) is 0 Å². The first kappa shape index (κ1) is 15.6. The molecule has 1 heterocycles. The smallest absolute Gasteiger partial charge is 0.161 e. The number of nitrogens with zero attached hydrogens (tertiary/aromatic N) is 1. The van der Waals surface area contributed by atoms with Crippen molar-refractivity contribution in [1.29, 1.82) is 0 Å². The molecule has 3 heteroatoms. The molecule has 1 aliphatic rings. The van der Waals surface area contributed by atoms with Gasteiger partial charge in [-0.25, -0.2) is 0 Å².